The van der Waals surface area contributed by atoms with Gasteiger partial charge in [0, 0.05) is 48.4 Å². The summed E-state index contributed by atoms with van der Waals surface area (Å²) >= 11 is 5.48. The first-order valence-corrected chi connectivity index (χ1v) is 31.5. The van der Waals surface area contributed by atoms with E-state index in [1.165, 1.54) is 80.5 Å². The number of carbonyl (C=O) groups excluding carboxylic acids is 2. The van der Waals surface area contributed by atoms with E-state index in [-0.39, 0.29) is 22.8 Å². The monoisotopic (exact) mass is 1060 g/mol. The smallest absolute Gasteiger partial charge is 0.261 e. The Hall–Kier alpha value is -3.96. The van der Waals surface area contributed by atoms with Crippen molar-refractivity contribution in [2.45, 2.75) is 222 Å². The lowest BCUT2D eigenvalue weighted by atomic mass is 9.93. The summed E-state index contributed by atoms with van der Waals surface area (Å²) < 4.78 is 13.8. The molecule has 2 atom stereocenters. The van der Waals surface area contributed by atoms with E-state index in [4.69, 9.17) is 14.6 Å². The Balaban J connectivity index is 1.32. The molecule has 404 valence electrons. The highest BCUT2D eigenvalue weighted by atomic mass is 32.1. The summed E-state index contributed by atoms with van der Waals surface area (Å²) in [4.78, 5) is 42.6. The van der Waals surface area contributed by atoms with Gasteiger partial charge in [-0.05, 0) is 130 Å². The Bertz CT molecular complexity index is 2690. The Labute approximate surface area is 458 Å². The lowest BCUT2D eigenvalue weighted by Gasteiger charge is -2.29. The average molecular weight is 1060 g/mol. The van der Waals surface area contributed by atoms with Crippen LogP contribution in [0.1, 0.15) is 231 Å². The van der Waals surface area contributed by atoms with Crippen LogP contribution in [0.4, 0.5) is 0 Å². The maximum Gasteiger partial charge on any atom is 0.261 e. The molecule has 0 radical (unpaired) electrons. The third kappa shape index (κ3) is 13.6. The normalized spacial score (nSPS) is 15.2. The zero-order valence-corrected chi connectivity index (χ0v) is 49.8. The molecule has 0 saturated heterocycles. The zero-order chi connectivity index (χ0) is 53.2. The number of unbranched alkanes of at least 4 members (excludes halogenated alkanes) is 10. The van der Waals surface area contributed by atoms with Gasteiger partial charge in [0.2, 0.25) is 0 Å². The molecule has 0 bridgehead atoms. The molecule has 2 unspecified atom stereocenters. The highest BCUT2D eigenvalue weighted by Gasteiger charge is 2.51. The Morgan fingerprint density at radius 1 is 0.514 bits per heavy atom. The van der Waals surface area contributed by atoms with Gasteiger partial charge in [-0.2, -0.15) is 0 Å². The molecular weight excluding hydrogens is 971 g/mol. The number of amides is 2. The van der Waals surface area contributed by atoms with Gasteiger partial charge in [-0.1, -0.05) is 152 Å². The van der Waals surface area contributed by atoms with Gasteiger partial charge in [-0.3, -0.25) is 9.59 Å². The van der Waals surface area contributed by atoms with Gasteiger partial charge in [0.25, 0.3) is 11.8 Å². The van der Waals surface area contributed by atoms with Crippen LogP contribution < -0.4 is 5.73 Å². The van der Waals surface area contributed by atoms with Gasteiger partial charge in [0.05, 0.1) is 16.0 Å². The van der Waals surface area contributed by atoms with Crippen LogP contribution in [0, 0.1) is 11.8 Å². The molecule has 0 aromatic carbocycles. The van der Waals surface area contributed by atoms with E-state index in [0.717, 1.165) is 106 Å². The van der Waals surface area contributed by atoms with Crippen molar-refractivity contribution in [1.82, 2.24) is 9.80 Å². The number of thiophene rings is 3. The zero-order valence-electron chi connectivity index (χ0n) is 47.4. The fraction of sp³-hybridized carbons (Fsp3) is 0.594. The quantitative estimate of drug-likeness (QED) is 0.0446. The van der Waals surface area contributed by atoms with Gasteiger partial charge >= 0.3 is 0 Å². The highest BCUT2D eigenvalue weighted by molar-refractivity contribution is 7.27. The van der Waals surface area contributed by atoms with Crippen LogP contribution in [0.3, 0.4) is 0 Å². The van der Waals surface area contributed by atoms with Crippen LogP contribution in [-0.4, -0.2) is 34.7 Å². The van der Waals surface area contributed by atoms with Crippen molar-refractivity contribution in [2.24, 2.45) is 17.6 Å². The summed E-state index contributed by atoms with van der Waals surface area (Å²) in [5.74, 6) is 3.13. The molecule has 7 heterocycles. The molecule has 7 rings (SSSR count). The molecule has 2 aliphatic heterocycles. The minimum Gasteiger partial charge on any atom is -0.459 e. The summed E-state index contributed by atoms with van der Waals surface area (Å²) in [6.45, 7) is 25.2. The van der Waals surface area contributed by atoms with E-state index in [0.29, 0.717) is 59.0 Å². The summed E-state index contributed by atoms with van der Waals surface area (Å²) in [7, 11) is 0. The second-order valence-corrected chi connectivity index (χ2v) is 26.4. The van der Waals surface area contributed by atoms with E-state index < -0.39 is 0 Å². The Morgan fingerprint density at radius 3 is 1.55 bits per heavy atom. The van der Waals surface area contributed by atoms with Crippen molar-refractivity contribution in [3.05, 3.63) is 93.0 Å². The topological polar surface area (TPSA) is 92.9 Å². The first-order valence-electron chi connectivity index (χ1n) is 29.1. The number of aryl methyl sites for hydroxylation is 2. The average Bonchev–Trinajstić information content (AvgIpc) is 4.24. The summed E-state index contributed by atoms with van der Waals surface area (Å²) in [6, 6.07) is 17.3. The Kier molecular flexibility index (Phi) is 20.6. The number of carbonyl (C=O) groups is 2. The highest BCUT2D eigenvalue weighted by Crippen LogP contribution is 2.51. The fourth-order valence-electron chi connectivity index (χ4n) is 11.0. The third-order valence-corrected chi connectivity index (χ3v) is 19.5. The summed E-state index contributed by atoms with van der Waals surface area (Å²) in [5.41, 5.74) is 10.9. The van der Waals surface area contributed by atoms with Crippen molar-refractivity contribution in [3.8, 4) is 30.1 Å². The molecule has 5 aromatic heterocycles. The van der Waals surface area contributed by atoms with Gasteiger partial charge in [0.1, 0.15) is 22.9 Å². The number of hydrogen-bond donors (Lipinski definition) is 1. The van der Waals surface area contributed by atoms with Crippen LogP contribution in [0.5, 0.6) is 0 Å². The molecule has 2 aliphatic rings. The minimum atomic E-state index is -0.390. The van der Waals surface area contributed by atoms with Gasteiger partial charge in [-0.25, -0.2) is 0 Å². The molecule has 0 fully saturated rings. The van der Waals surface area contributed by atoms with E-state index in [1.54, 1.807) is 11.3 Å². The molecule has 7 nitrogen and oxygen atoms in total. The predicted octanol–water partition coefficient (Wildman–Crippen LogP) is 19.2. The number of nitrogens with two attached hydrogens (primary N) is 1. The van der Waals surface area contributed by atoms with Crippen molar-refractivity contribution < 1.29 is 18.4 Å². The van der Waals surface area contributed by atoms with Crippen molar-refractivity contribution >= 4 is 57.2 Å². The van der Waals surface area contributed by atoms with E-state index >= 15 is 9.59 Å². The second-order valence-electron chi connectivity index (χ2n) is 23.2. The largest absolute Gasteiger partial charge is 0.459 e. The molecular formula is C64H91N3O4S3. The van der Waals surface area contributed by atoms with Crippen molar-refractivity contribution in [3.63, 3.8) is 0 Å². The van der Waals surface area contributed by atoms with Crippen LogP contribution in [-0.2, 0) is 33.4 Å². The SMILES string of the molecule is CCCCCCCCC(CCCCC)CN1C(=O)C2=C(c3ccc(C(C)(C)C)o3)N(CC(CCC)CCCCC)C(=O)C2=C1c1ccc(-c2cc(CC)c(-c3ccc(-c4sc(C(C)(C)N)cc4CCCC)s3)s2)o1. The van der Waals surface area contributed by atoms with Gasteiger partial charge < -0.3 is 24.4 Å². The number of fused-ring (bicyclic) bond motifs is 1. The number of nitrogens with zero attached hydrogens (tertiary/aromatic N) is 2. The van der Waals surface area contributed by atoms with Crippen LogP contribution in [0.25, 0.3) is 41.5 Å². The maximum absolute atomic E-state index is 15.7. The van der Waals surface area contributed by atoms with E-state index in [9.17, 15) is 0 Å². The lowest BCUT2D eigenvalue weighted by molar-refractivity contribution is -0.124. The standard InChI is InChI=1S/C64H91N3O4S3/c1-12-18-22-23-24-27-31-44(30-26-20-14-3)42-67-57(55-56(62(67)69)58(49-35-38-53(71-49)63(7,8)9)66(61(55)68)41-43(28-16-5)29-25-19-13-2)48-34-33-47(70-48)52-39-45(17-6)59(73-52)50-36-37-51(72-50)60-46(32-21-15-4)40-54(74-60)64(10,11)65/h33-40,43-44H,12-32,41-42,65H2,1-11H3. The molecule has 0 saturated carbocycles. The first-order chi connectivity index (χ1) is 35.6. The molecule has 0 spiro atoms. The van der Waals surface area contributed by atoms with Crippen LogP contribution in [0.2, 0.25) is 0 Å². The molecule has 5 aromatic rings. The van der Waals surface area contributed by atoms with Crippen LogP contribution in [0.15, 0.2) is 68.5 Å². The third-order valence-electron chi connectivity index (χ3n) is 15.3. The summed E-state index contributed by atoms with van der Waals surface area (Å²) in [6.07, 6.45) is 23.7. The fourth-order valence-corrected chi connectivity index (χ4v) is 14.7. The first kappa shape index (κ1) is 57.7. The molecule has 2 amide bonds. The maximum atomic E-state index is 15.7. The van der Waals surface area contributed by atoms with Crippen molar-refractivity contribution in [1.29, 1.82) is 0 Å². The second kappa shape index (κ2) is 26.4. The number of hydrogen-bond acceptors (Lipinski definition) is 8. The number of furan rings is 2. The minimum absolute atomic E-state index is 0.111. The summed E-state index contributed by atoms with van der Waals surface area (Å²) in [5, 5.41) is 0. The molecule has 74 heavy (non-hydrogen) atoms. The van der Waals surface area contributed by atoms with Crippen LogP contribution >= 0.6 is 34.0 Å². The lowest BCUT2D eigenvalue weighted by Crippen LogP contribution is -2.34. The molecule has 0 aliphatic carbocycles. The van der Waals surface area contributed by atoms with Gasteiger partial charge in [-0.15, -0.1) is 34.0 Å². The van der Waals surface area contributed by atoms with Gasteiger partial charge in [0.15, 0.2) is 11.5 Å². The predicted molar refractivity (Wildman–Crippen MR) is 317 cm³/mol. The van der Waals surface area contributed by atoms with Crippen molar-refractivity contribution in [2.75, 3.05) is 13.1 Å². The number of rotatable bonds is 31. The Morgan fingerprint density at radius 2 is 1.01 bits per heavy atom. The van der Waals surface area contributed by atoms with E-state index in [2.05, 4.69) is 106 Å². The molecule has 10 heteroatoms. The molecule has 2 N–H and O–H groups in total. The van der Waals surface area contributed by atoms with E-state index in [1.807, 2.05) is 50.7 Å².